The van der Waals surface area contributed by atoms with Crippen molar-refractivity contribution in [2.45, 2.75) is 71.4 Å². The number of amides is 2. The topological polar surface area (TPSA) is 84.4 Å². The summed E-state index contributed by atoms with van der Waals surface area (Å²) in [6.45, 7) is 12.9. The molecule has 0 spiro atoms. The van der Waals surface area contributed by atoms with E-state index in [9.17, 15) is 9.59 Å². The number of nitrogens with one attached hydrogen (secondary N) is 1. The standard InChI is InChI=1S/C31H37ClN4O3/c1-30(2,3)27-16-20(11-12-34-27)22-14-23(18-33-17-22)25-10-9-21(15-26(25)32)28(37)36-13-7-8-24(19-36)35-29(38)39-31(4,5)6/h9-12,14-18,24H,7-8,13,19H2,1-6H3,(H,35,38). The molecule has 39 heavy (non-hydrogen) atoms. The van der Waals surface area contributed by atoms with Crippen molar-refractivity contribution in [1.29, 1.82) is 0 Å². The number of hydrogen-bond donors (Lipinski definition) is 1. The van der Waals surface area contributed by atoms with Gasteiger partial charge in [-0.2, -0.15) is 0 Å². The first-order valence-electron chi connectivity index (χ1n) is 13.3. The van der Waals surface area contributed by atoms with Gasteiger partial charge in [0.1, 0.15) is 5.60 Å². The molecular weight excluding hydrogens is 512 g/mol. The van der Waals surface area contributed by atoms with Gasteiger partial charge in [-0.05, 0) is 69.5 Å². The lowest BCUT2D eigenvalue weighted by Crippen LogP contribution is -2.50. The highest BCUT2D eigenvalue weighted by Crippen LogP contribution is 2.32. The molecule has 1 fully saturated rings. The number of benzene rings is 1. The summed E-state index contributed by atoms with van der Waals surface area (Å²) in [4.78, 5) is 36.3. The van der Waals surface area contributed by atoms with Crippen LogP contribution in [0.1, 0.15) is 70.4 Å². The first-order valence-corrected chi connectivity index (χ1v) is 13.7. The number of piperidine rings is 1. The van der Waals surface area contributed by atoms with Gasteiger partial charge in [-0.1, -0.05) is 38.4 Å². The maximum absolute atomic E-state index is 13.3. The van der Waals surface area contributed by atoms with Crippen molar-refractivity contribution < 1.29 is 14.3 Å². The second-order valence-electron chi connectivity index (χ2n) is 12.1. The van der Waals surface area contributed by atoms with Gasteiger partial charge in [0, 0.05) is 76.1 Å². The van der Waals surface area contributed by atoms with Crippen molar-refractivity contribution >= 4 is 23.6 Å². The van der Waals surface area contributed by atoms with Crippen molar-refractivity contribution in [3.63, 3.8) is 0 Å². The molecule has 1 aliphatic heterocycles. The Labute approximate surface area is 236 Å². The molecule has 0 bridgehead atoms. The summed E-state index contributed by atoms with van der Waals surface area (Å²) in [5.41, 5.74) is 4.55. The Morgan fingerprint density at radius 3 is 2.44 bits per heavy atom. The van der Waals surface area contributed by atoms with E-state index < -0.39 is 11.7 Å². The van der Waals surface area contributed by atoms with E-state index in [0.29, 0.717) is 23.7 Å². The van der Waals surface area contributed by atoms with E-state index in [1.54, 1.807) is 23.2 Å². The summed E-state index contributed by atoms with van der Waals surface area (Å²) in [6.07, 6.45) is 6.55. The molecule has 4 rings (SSSR count). The maximum atomic E-state index is 13.3. The molecule has 1 atom stereocenters. The minimum absolute atomic E-state index is 0.0626. The van der Waals surface area contributed by atoms with E-state index in [0.717, 1.165) is 40.8 Å². The molecule has 3 aromatic rings. The molecular formula is C31H37ClN4O3. The van der Waals surface area contributed by atoms with E-state index in [4.69, 9.17) is 16.3 Å². The van der Waals surface area contributed by atoms with E-state index in [1.807, 2.05) is 45.3 Å². The van der Waals surface area contributed by atoms with Crippen LogP contribution in [0.5, 0.6) is 0 Å². The van der Waals surface area contributed by atoms with Gasteiger partial charge in [0.2, 0.25) is 0 Å². The van der Waals surface area contributed by atoms with E-state index in [2.05, 4.69) is 48.2 Å². The van der Waals surface area contributed by atoms with Crippen molar-refractivity contribution in [3.8, 4) is 22.3 Å². The molecule has 0 radical (unpaired) electrons. The van der Waals surface area contributed by atoms with Crippen LogP contribution in [-0.4, -0.2) is 51.6 Å². The first-order chi connectivity index (χ1) is 18.3. The summed E-state index contributed by atoms with van der Waals surface area (Å²) in [5, 5.41) is 3.37. The molecule has 2 amide bonds. The van der Waals surface area contributed by atoms with Gasteiger partial charge in [0.05, 0.1) is 0 Å². The second-order valence-corrected chi connectivity index (χ2v) is 12.5. The third-order valence-electron chi connectivity index (χ3n) is 6.56. The van der Waals surface area contributed by atoms with Crippen LogP contribution in [0.15, 0.2) is 55.0 Å². The fourth-order valence-corrected chi connectivity index (χ4v) is 4.87. The quantitative estimate of drug-likeness (QED) is 0.383. The highest BCUT2D eigenvalue weighted by molar-refractivity contribution is 6.33. The zero-order chi connectivity index (χ0) is 28.4. The van der Waals surface area contributed by atoms with Gasteiger partial charge in [-0.15, -0.1) is 0 Å². The van der Waals surface area contributed by atoms with Gasteiger partial charge < -0.3 is 15.0 Å². The van der Waals surface area contributed by atoms with Crippen LogP contribution >= 0.6 is 11.6 Å². The van der Waals surface area contributed by atoms with E-state index in [-0.39, 0.29) is 17.4 Å². The van der Waals surface area contributed by atoms with E-state index >= 15 is 0 Å². The van der Waals surface area contributed by atoms with Crippen molar-refractivity contribution in [2.24, 2.45) is 0 Å². The number of likely N-dealkylation sites (tertiary alicyclic amines) is 1. The van der Waals surface area contributed by atoms with Gasteiger partial charge in [-0.25, -0.2) is 4.79 Å². The fourth-order valence-electron chi connectivity index (χ4n) is 4.58. The molecule has 3 heterocycles. The Bertz CT molecular complexity index is 1360. The first kappa shape index (κ1) is 28.6. The lowest BCUT2D eigenvalue weighted by Gasteiger charge is -2.33. The molecule has 8 heteroatoms. The Morgan fingerprint density at radius 2 is 1.74 bits per heavy atom. The minimum atomic E-state index is -0.574. The van der Waals surface area contributed by atoms with Gasteiger partial charge in [0.15, 0.2) is 0 Å². The van der Waals surface area contributed by atoms with Gasteiger partial charge in [-0.3, -0.25) is 14.8 Å². The Morgan fingerprint density at radius 1 is 1.00 bits per heavy atom. The molecule has 0 saturated carbocycles. The monoisotopic (exact) mass is 548 g/mol. The Kier molecular flexibility index (Phi) is 8.31. The molecule has 1 aromatic carbocycles. The van der Waals surface area contributed by atoms with Crippen LogP contribution in [0.2, 0.25) is 5.02 Å². The van der Waals surface area contributed by atoms with Crippen molar-refractivity contribution in [3.05, 3.63) is 71.3 Å². The van der Waals surface area contributed by atoms with Crippen LogP contribution in [-0.2, 0) is 10.2 Å². The third-order valence-corrected chi connectivity index (χ3v) is 6.87. The molecule has 2 aromatic heterocycles. The summed E-state index contributed by atoms with van der Waals surface area (Å²) in [7, 11) is 0. The molecule has 1 N–H and O–H groups in total. The molecule has 1 unspecified atom stereocenters. The van der Waals surface area contributed by atoms with Crippen molar-refractivity contribution in [1.82, 2.24) is 20.2 Å². The number of nitrogens with zero attached hydrogens (tertiary/aromatic N) is 3. The predicted molar refractivity (Wildman–Crippen MR) is 155 cm³/mol. The Balaban J connectivity index is 1.49. The smallest absolute Gasteiger partial charge is 0.407 e. The Hall–Kier alpha value is -3.45. The van der Waals surface area contributed by atoms with Crippen LogP contribution in [0.3, 0.4) is 0 Å². The average Bonchev–Trinajstić information content (AvgIpc) is 2.87. The second kappa shape index (κ2) is 11.3. The number of carbonyl (C=O) groups excluding carboxylic acids is 2. The maximum Gasteiger partial charge on any atom is 0.407 e. The summed E-state index contributed by atoms with van der Waals surface area (Å²) in [5.74, 6) is -0.113. The fraction of sp³-hybridized carbons (Fsp3) is 0.419. The van der Waals surface area contributed by atoms with Crippen LogP contribution < -0.4 is 5.32 Å². The number of aromatic nitrogens is 2. The van der Waals surface area contributed by atoms with Crippen LogP contribution in [0.25, 0.3) is 22.3 Å². The number of carbonyl (C=O) groups is 2. The third kappa shape index (κ3) is 7.35. The van der Waals surface area contributed by atoms with Crippen LogP contribution in [0, 0.1) is 0 Å². The molecule has 7 nitrogen and oxygen atoms in total. The molecule has 1 saturated heterocycles. The number of halogens is 1. The van der Waals surface area contributed by atoms with Crippen molar-refractivity contribution in [2.75, 3.05) is 13.1 Å². The largest absolute Gasteiger partial charge is 0.444 e. The lowest BCUT2D eigenvalue weighted by molar-refractivity contribution is 0.0452. The summed E-state index contributed by atoms with van der Waals surface area (Å²) < 4.78 is 5.37. The number of ether oxygens (including phenoxy) is 1. The predicted octanol–water partition coefficient (Wildman–Crippen LogP) is 6.89. The summed E-state index contributed by atoms with van der Waals surface area (Å²) in [6, 6.07) is 11.3. The number of rotatable bonds is 4. The highest BCUT2D eigenvalue weighted by atomic mass is 35.5. The molecule has 1 aliphatic rings. The average molecular weight is 549 g/mol. The minimum Gasteiger partial charge on any atom is -0.444 e. The normalized spacial score (nSPS) is 16.1. The summed E-state index contributed by atoms with van der Waals surface area (Å²) >= 11 is 6.71. The molecule has 206 valence electrons. The zero-order valence-corrected chi connectivity index (χ0v) is 24.3. The molecule has 0 aliphatic carbocycles. The number of alkyl carbamates (subject to hydrolysis) is 1. The lowest BCUT2D eigenvalue weighted by atomic mass is 9.90. The van der Waals surface area contributed by atoms with Gasteiger partial charge in [0.25, 0.3) is 5.91 Å². The van der Waals surface area contributed by atoms with Gasteiger partial charge >= 0.3 is 6.09 Å². The number of pyridine rings is 2. The zero-order valence-electron chi connectivity index (χ0n) is 23.5. The number of hydrogen-bond acceptors (Lipinski definition) is 5. The highest BCUT2D eigenvalue weighted by Gasteiger charge is 2.27. The van der Waals surface area contributed by atoms with E-state index in [1.165, 1.54) is 0 Å². The van der Waals surface area contributed by atoms with Crippen LogP contribution in [0.4, 0.5) is 4.79 Å². The SMILES string of the molecule is CC(C)(C)OC(=O)NC1CCCN(C(=O)c2ccc(-c3cncc(-c4ccnc(C(C)(C)C)c4)c3)c(Cl)c2)C1.